The average Bonchev–Trinajstić information content (AvgIpc) is 2.79. The maximum atomic E-state index is 13.9. The summed E-state index contributed by atoms with van der Waals surface area (Å²) in [7, 11) is 0. The Kier molecular flexibility index (Phi) is 4.04. The van der Waals surface area contributed by atoms with Crippen molar-refractivity contribution in [3.05, 3.63) is 39.8 Å². The van der Waals surface area contributed by atoms with Crippen molar-refractivity contribution in [1.29, 1.82) is 0 Å². The third kappa shape index (κ3) is 2.92. The number of nitrogens with zero attached hydrogens (tertiary/aromatic N) is 4. The summed E-state index contributed by atoms with van der Waals surface area (Å²) in [5, 5.41) is 12.1. The summed E-state index contributed by atoms with van der Waals surface area (Å²) in [6.07, 6.45) is 0.0563. The Bertz CT molecular complexity index is 658. The molecule has 1 aromatic carbocycles. The minimum Gasteiger partial charge on any atom is -0.478 e. The number of rotatable bonds is 4. The van der Waals surface area contributed by atoms with E-state index in [-0.39, 0.29) is 31.1 Å². The molecule has 21 heavy (non-hydrogen) atoms. The fourth-order valence-electron chi connectivity index (χ4n) is 2.20. The number of carboxylic acid groups (broad SMARTS) is 1. The molecule has 1 amide bonds. The molecule has 1 saturated heterocycles. The standard InChI is InChI=1S/C12H10F2N4O3/c13-8-3-10(9(14)2-7(8)12(20)21)18-5-6(1-11(18)19)4-16-17-15/h2-3,6H,1,4-5H2,(H,20,21). The van der Waals surface area contributed by atoms with Crippen LogP contribution in [0.3, 0.4) is 0 Å². The zero-order chi connectivity index (χ0) is 15.6. The van der Waals surface area contributed by atoms with Crippen molar-refractivity contribution in [2.75, 3.05) is 18.0 Å². The van der Waals surface area contributed by atoms with Gasteiger partial charge in [0.2, 0.25) is 5.91 Å². The number of aromatic carboxylic acids is 1. The van der Waals surface area contributed by atoms with Gasteiger partial charge in [-0.15, -0.1) is 0 Å². The summed E-state index contributed by atoms with van der Waals surface area (Å²) in [5.74, 6) is -4.42. The summed E-state index contributed by atoms with van der Waals surface area (Å²) in [4.78, 5) is 26.1. The topological polar surface area (TPSA) is 106 Å². The first-order chi connectivity index (χ1) is 9.93. The molecule has 2 rings (SSSR count). The molecule has 1 fully saturated rings. The summed E-state index contributed by atoms with van der Waals surface area (Å²) < 4.78 is 27.5. The van der Waals surface area contributed by atoms with Gasteiger partial charge in [0.15, 0.2) is 0 Å². The van der Waals surface area contributed by atoms with E-state index in [9.17, 15) is 18.4 Å². The normalized spacial score (nSPS) is 17.7. The van der Waals surface area contributed by atoms with Gasteiger partial charge in [-0.1, -0.05) is 5.11 Å². The number of carbonyl (C=O) groups excluding carboxylic acids is 1. The number of benzene rings is 1. The molecule has 1 heterocycles. The van der Waals surface area contributed by atoms with E-state index in [0.717, 1.165) is 4.90 Å². The van der Waals surface area contributed by atoms with Crippen LogP contribution in [-0.4, -0.2) is 30.1 Å². The fourth-order valence-corrected chi connectivity index (χ4v) is 2.20. The van der Waals surface area contributed by atoms with Crippen LogP contribution in [0.15, 0.2) is 17.2 Å². The molecule has 9 heteroatoms. The number of carboxylic acids is 1. The van der Waals surface area contributed by atoms with Gasteiger partial charge in [-0.3, -0.25) is 4.79 Å². The van der Waals surface area contributed by atoms with Crippen LogP contribution in [0.4, 0.5) is 14.5 Å². The predicted octanol–water partition coefficient (Wildman–Crippen LogP) is 2.33. The van der Waals surface area contributed by atoms with E-state index in [0.29, 0.717) is 12.1 Å². The Labute approximate surface area is 117 Å². The highest BCUT2D eigenvalue weighted by Crippen LogP contribution is 2.29. The maximum Gasteiger partial charge on any atom is 0.338 e. The van der Waals surface area contributed by atoms with Gasteiger partial charge in [-0.05, 0) is 17.5 Å². The number of halogens is 2. The zero-order valence-electron chi connectivity index (χ0n) is 10.7. The first-order valence-corrected chi connectivity index (χ1v) is 5.97. The third-order valence-corrected chi connectivity index (χ3v) is 3.17. The number of hydrogen-bond donors (Lipinski definition) is 1. The molecule has 1 atom stereocenters. The number of azide groups is 1. The second-order valence-corrected chi connectivity index (χ2v) is 4.58. The van der Waals surface area contributed by atoms with Crippen LogP contribution >= 0.6 is 0 Å². The minimum atomic E-state index is -1.59. The first kappa shape index (κ1) is 14.7. The van der Waals surface area contributed by atoms with Gasteiger partial charge in [-0.2, -0.15) is 0 Å². The first-order valence-electron chi connectivity index (χ1n) is 5.97. The summed E-state index contributed by atoms with van der Waals surface area (Å²) in [6.45, 7) is 0.163. The Morgan fingerprint density at radius 1 is 1.48 bits per heavy atom. The molecule has 0 spiro atoms. The van der Waals surface area contributed by atoms with E-state index in [1.807, 2.05) is 0 Å². The van der Waals surface area contributed by atoms with Crippen molar-refractivity contribution < 1.29 is 23.5 Å². The van der Waals surface area contributed by atoms with E-state index in [4.69, 9.17) is 10.6 Å². The molecule has 0 aromatic heterocycles. The number of anilines is 1. The largest absolute Gasteiger partial charge is 0.478 e. The second-order valence-electron chi connectivity index (χ2n) is 4.58. The van der Waals surface area contributed by atoms with Crippen LogP contribution < -0.4 is 4.90 Å². The second kappa shape index (κ2) is 5.76. The van der Waals surface area contributed by atoms with Crippen molar-refractivity contribution in [1.82, 2.24) is 0 Å². The number of hydrogen-bond acceptors (Lipinski definition) is 3. The van der Waals surface area contributed by atoms with Crippen molar-refractivity contribution in [3.8, 4) is 0 Å². The molecule has 0 saturated carbocycles. The van der Waals surface area contributed by atoms with Crippen LogP contribution in [-0.2, 0) is 4.79 Å². The lowest BCUT2D eigenvalue weighted by atomic mass is 10.1. The summed E-state index contributed by atoms with van der Waals surface area (Å²) >= 11 is 0. The molecular weight excluding hydrogens is 286 g/mol. The van der Waals surface area contributed by atoms with Gasteiger partial charge in [0, 0.05) is 30.5 Å². The van der Waals surface area contributed by atoms with E-state index >= 15 is 0 Å². The van der Waals surface area contributed by atoms with Crippen molar-refractivity contribution in [2.24, 2.45) is 11.0 Å². The van der Waals surface area contributed by atoms with Crippen LogP contribution in [0, 0.1) is 17.6 Å². The van der Waals surface area contributed by atoms with Gasteiger partial charge < -0.3 is 10.0 Å². The zero-order valence-corrected chi connectivity index (χ0v) is 10.7. The highest BCUT2D eigenvalue weighted by atomic mass is 19.1. The molecule has 110 valence electrons. The molecule has 1 aliphatic heterocycles. The van der Waals surface area contributed by atoms with Gasteiger partial charge in [-0.25, -0.2) is 13.6 Å². The van der Waals surface area contributed by atoms with Gasteiger partial charge in [0.05, 0.1) is 11.3 Å². The minimum absolute atomic E-state index is 0.0563. The van der Waals surface area contributed by atoms with Crippen molar-refractivity contribution in [2.45, 2.75) is 6.42 Å². The number of carbonyl (C=O) groups is 2. The highest BCUT2D eigenvalue weighted by Gasteiger charge is 2.32. The van der Waals surface area contributed by atoms with Gasteiger partial charge >= 0.3 is 5.97 Å². The van der Waals surface area contributed by atoms with E-state index in [1.165, 1.54) is 0 Å². The monoisotopic (exact) mass is 296 g/mol. The Morgan fingerprint density at radius 3 is 2.81 bits per heavy atom. The average molecular weight is 296 g/mol. The van der Waals surface area contributed by atoms with E-state index in [1.54, 1.807) is 0 Å². The molecule has 7 nitrogen and oxygen atoms in total. The lowest BCUT2D eigenvalue weighted by molar-refractivity contribution is -0.117. The van der Waals surface area contributed by atoms with Crippen molar-refractivity contribution >= 4 is 17.6 Å². The van der Waals surface area contributed by atoms with Gasteiger partial charge in [0.25, 0.3) is 0 Å². The van der Waals surface area contributed by atoms with E-state index < -0.39 is 29.1 Å². The Morgan fingerprint density at radius 2 is 2.19 bits per heavy atom. The fraction of sp³-hybridized carbons (Fsp3) is 0.333. The Hall–Kier alpha value is -2.67. The molecule has 0 aliphatic carbocycles. The lowest BCUT2D eigenvalue weighted by Gasteiger charge is -2.18. The van der Waals surface area contributed by atoms with Crippen LogP contribution in [0.5, 0.6) is 0 Å². The lowest BCUT2D eigenvalue weighted by Crippen LogP contribution is -2.26. The smallest absolute Gasteiger partial charge is 0.338 e. The summed E-state index contributed by atoms with van der Waals surface area (Å²) in [6, 6.07) is 1.23. The highest BCUT2D eigenvalue weighted by molar-refractivity contribution is 5.96. The van der Waals surface area contributed by atoms with Gasteiger partial charge in [0.1, 0.15) is 11.6 Å². The summed E-state index contributed by atoms with van der Waals surface area (Å²) in [5.41, 5.74) is 7.12. The molecule has 1 N–H and O–H groups in total. The van der Waals surface area contributed by atoms with Crippen molar-refractivity contribution in [3.63, 3.8) is 0 Å². The molecule has 1 aliphatic rings. The predicted molar refractivity (Wildman–Crippen MR) is 67.8 cm³/mol. The maximum absolute atomic E-state index is 13.9. The molecule has 1 aromatic rings. The molecular formula is C12H10F2N4O3. The quantitative estimate of drug-likeness (QED) is 0.523. The van der Waals surface area contributed by atoms with Crippen LogP contribution in [0.25, 0.3) is 10.4 Å². The van der Waals surface area contributed by atoms with Crippen LogP contribution in [0.1, 0.15) is 16.8 Å². The third-order valence-electron chi connectivity index (χ3n) is 3.17. The van der Waals surface area contributed by atoms with Crippen LogP contribution in [0.2, 0.25) is 0 Å². The molecule has 0 bridgehead atoms. The number of amides is 1. The molecule has 0 radical (unpaired) electrons. The van der Waals surface area contributed by atoms with E-state index in [2.05, 4.69) is 10.0 Å². The Balaban J connectivity index is 2.30. The SMILES string of the molecule is [N-]=[N+]=NCC1CC(=O)N(c2cc(F)c(C(=O)O)cc2F)C1. The molecule has 1 unspecified atom stereocenters.